The summed E-state index contributed by atoms with van der Waals surface area (Å²) in [6.45, 7) is 4.16. The number of hydrogen-bond acceptors (Lipinski definition) is 3. The van der Waals surface area contributed by atoms with Crippen LogP contribution in [0.15, 0.2) is 36.5 Å². The highest BCUT2D eigenvalue weighted by Crippen LogP contribution is 2.21. The van der Waals surface area contributed by atoms with Crippen molar-refractivity contribution in [2.75, 3.05) is 0 Å². The van der Waals surface area contributed by atoms with E-state index in [0.717, 1.165) is 49.7 Å². The number of aryl methyl sites for hydroxylation is 2. The largest absolute Gasteiger partial charge is 0.478 e. The maximum absolute atomic E-state index is 11.2. The SMILES string of the molecule is CCCCc1cc(C(=O)O)c(C(=O)O)cc1CCCC.Clc1ccccn1. The molecule has 0 saturated carbocycles. The second-order valence-electron chi connectivity index (χ2n) is 6.14. The van der Waals surface area contributed by atoms with Crippen molar-refractivity contribution in [3.8, 4) is 0 Å². The number of aromatic nitrogens is 1. The van der Waals surface area contributed by atoms with E-state index in [1.54, 1.807) is 24.4 Å². The van der Waals surface area contributed by atoms with E-state index in [2.05, 4.69) is 18.8 Å². The fourth-order valence-corrected chi connectivity index (χ4v) is 2.71. The van der Waals surface area contributed by atoms with Gasteiger partial charge in [-0.15, -0.1) is 0 Å². The van der Waals surface area contributed by atoms with Crippen molar-refractivity contribution < 1.29 is 19.8 Å². The maximum Gasteiger partial charge on any atom is 0.336 e. The Hall–Kier alpha value is -2.40. The monoisotopic (exact) mass is 391 g/mol. The third-order valence-electron chi connectivity index (χ3n) is 4.03. The zero-order chi connectivity index (χ0) is 20.2. The van der Waals surface area contributed by atoms with Gasteiger partial charge in [-0.05, 0) is 61.1 Å². The van der Waals surface area contributed by atoms with E-state index in [9.17, 15) is 9.59 Å². The minimum atomic E-state index is -1.18. The Morgan fingerprint density at radius 2 is 1.41 bits per heavy atom. The van der Waals surface area contributed by atoms with Crippen LogP contribution in [0, 0.1) is 0 Å². The predicted octanol–water partition coefficient (Wildman–Crippen LogP) is 5.50. The van der Waals surface area contributed by atoms with Crippen LogP contribution < -0.4 is 0 Å². The van der Waals surface area contributed by atoms with E-state index in [1.807, 2.05) is 12.1 Å². The van der Waals surface area contributed by atoms with Crippen molar-refractivity contribution in [1.82, 2.24) is 4.98 Å². The molecule has 0 unspecified atom stereocenters. The molecule has 5 nitrogen and oxygen atoms in total. The van der Waals surface area contributed by atoms with Crippen molar-refractivity contribution in [1.29, 1.82) is 0 Å². The van der Waals surface area contributed by atoms with Crippen LogP contribution in [0.5, 0.6) is 0 Å². The number of carbonyl (C=O) groups is 2. The highest BCUT2D eigenvalue weighted by Gasteiger charge is 2.19. The first-order chi connectivity index (χ1) is 12.9. The molecule has 0 aliphatic heterocycles. The first-order valence-electron chi connectivity index (χ1n) is 9.09. The standard InChI is InChI=1S/C16H22O4.C5H4ClN/c1-3-5-7-11-9-13(15(17)18)14(16(19)20)10-12(11)8-6-4-2;6-5-3-1-2-4-7-5/h9-10H,3-8H2,1-2H3,(H,17,18)(H,19,20);1-4H. The molecular formula is C21H26ClNO4. The van der Waals surface area contributed by atoms with E-state index in [-0.39, 0.29) is 11.1 Å². The number of halogens is 1. The molecule has 0 saturated heterocycles. The van der Waals surface area contributed by atoms with Crippen molar-refractivity contribution in [2.24, 2.45) is 0 Å². The summed E-state index contributed by atoms with van der Waals surface area (Å²) in [5.74, 6) is -2.36. The molecule has 2 rings (SSSR count). The molecule has 0 spiro atoms. The zero-order valence-corrected chi connectivity index (χ0v) is 16.5. The number of pyridine rings is 1. The van der Waals surface area contributed by atoms with Gasteiger partial charge in [0, 0.05) is 6.20 Å². The van der Waals surface area contributed by atoms with Crippen LogP contribution in [0.1, 0.15) is 71.4 Å². The molecule has 1 aromatic carbocycles. The minimum absolute atomic E-state index is 0.108. The Balaban J connectivity index is 0.000000433. The van der Waals surface area contributed by atoms with E-state index in [4.69, 9.17) is 21.8 Å². The summed E-state index contributed by atoms with van der Waals surface area (Å²) < 4.78 is 0. The number of benzene rings is 1. The quantitative estimate of drug-likeness (QED) is 0.580. The summed E-state index contributed by atoms with van der Waals surface area (Å²) in [7, 11) is 0. The van der Waals surface area contributed by atoms with E-state index in [1.165, 1.54) is 0 Å². The van der Waals surface area contributed by atoms with Gasteiger partial charge in [0.2, 0.25) is 0 Å². The molecule has 0 aliphatic carbocycles. The van der Waals surface area contributed by atoms with Crippen molar-refractivity contribution >= 4 is 23.5 Å². The topological polar surface area (TPSA) is 87.5 Å². The van der Waals surface area contributed by atoms with Crippen LogP contribution >= 0.6 is 11.6 Å². The zero-order valence-electron chi connectivity index (χ0n) is 15.7. The molecule has 0 amide bonds. The van der Waals surface area contributed by atoms with Gasteiger partial charge in [-0.3, -0.25) is 0 Å². The molecule has 1 aromatic heterocycles. The molecule has 1 heterocycles. The molecule has 0 aliphatic rings. The summed E-state index contributed by atoms with van der Waals surface area (Å²) >= 11 is 5.43. The van der Waals surface area contributed by atoms with Crippen LogP contribution in [0.3, 0.4) is 0 Å². The van der Waals surface area contributed by atoms with E-state index < -0.39 is 11.9 Å². The normalized spacial score (nSPS) is 10.0. The fourth-order valence-electron chi connectivity index (χ4n) is 2.59. The Labute approximate surface area is 165 Å². The number of aromatic carboxylic acids is 2. The molecule has 27 heavy (non-hydrogen) atoms. The molecular weight excluding hydrogens is 366 g/mol. The number of nitrogens with zero attached hydrogens (tertiary/aromatic N) is 1. The second kappa shape index (κ2) is 12.1. The van der Waals surface area contributed by atoms with Gasteiger partial charge in [-0.1, -0.05) is 44.4 Å². The predicted molar refractivity (Wildman–Crippen MR) is 107 cm³/mol. The highest BCUT2D eigenvalue weighted by atomic mass is 35.5. The van der Waals surface area contributed by atoms with Gasteiger partial charge in [0.05, 0.1) is 11.1 Å². The lowest BCUT2D eigenvalue weighted by Crippen LogP contribution is -2.11. The smallest absolute Gasteiger partial charge is 0.336 e. The molecule has 2 aromatic rings. The average Bonchev–Trinajstić information content (AvgIpc) is 2.65. The van der Waals surface area contributed by atoms with E-state index >= 15 is 0 Å². The van der Waals surface area contributed by atoms with Gasteiger partial charge >= 0.3 is 11.9 Å². The van der Waals surface area contributed by atoms with Crippen molar-refractivity contribution in [3.63, 3.8) is 0 Å². The van der Waals surface area contributed by atoms with Crippen molar-refractivity contribution in [2.45, 2.75) is 52.4 Å². The summed E-state index contributed by atoms with van der Waals surface area (Å²) in [5, 5.41) is 18.9. The van der Waals surface area contributed by atoms with Crippen LogP contribution in [-0.4, -0.2) is 27.1 Å². The Morgan fingerprint density at radius 1 is 0.926 bits per heavy atom. The summed E-state index contributed by atoms with van der Waals surface area (Å²) in [6, 6.07) is 8.50. The van der Waals surface area contributed by atoms with Crippen LogP contribution in [0.4, 0.5) is 0 Å². The molecule has 6 heteroatoms. The molecule has 0 fully saturated rings. The molecule has 146 valence electrons. The van der Waals surface area contributed by atoms with Gasteiger partial charge in [-0.25, -0.2) is 14.6 Å². The highest BCUT2D eigenvalue weighted by molar-refractivity contribution is 6.29. The minimum Gasteiger partial charge on any atom is -0.478 e. The number of unbranched alkanes of at least 4 members (excludes halogenated alkanes) is 2. The number of carboxylic acid groups (broad SMARTS) is 2. The number of hydrogen-bond donors (Lipinski definition) is 2. The molecule has 2 N–H and O–H groups in total. The average molecular weight is 392 g/mol. The second-order valence-corrected chi connectivity index (χ2v) is 6.52. The first kappa shape index (κ1) is 22.6. The van der Waals surface area contributed by atoms with Gasteiger partial charge in [-0.2, -0.15) is 0 Å². The van der Waals surface area contributed by atoms with Gasteiger partial charge in [0.1, 0.15) is 5.15 Å². The van der Waals surface area contributed by atoms with E-state index in [0.29, 0.717) is 5.15 Å². The molecule has 0 atom stereocenters. The summed E-state index contributed by atoms with van der Waals surface area (Å²) in [5.41, 5.74) is 1.73. The van der Waals surface area contributed by atoms with Crippen LogP contribution in [0.25, 0.3) is 0 Å². The van der Waals surface area contributed by atoms with Crippen LogP contribution in [-0.2, 0) is 12.8 Å². The summed E-state index contributed by atoms with van der Waals surface area (Å²) in [6.07, 6.45) is 7.26. The van der Waals surface area contributed by atoms with Gasteiger partial charge in [0.15, 0.2) is 0 Å². The summed E-state index contributed by atoms with van der Waals surface area (Å²) in [4.78, 5) is 26.2. The lowest BCUT2D eigenvalue weighted by atomic mass is 9.92. The van der Waals surface area contributed by atoms with Crippen molar-refractivity contribution in [3.05, 3.63) is 63.9 Å². The first-order valence-corrected chi connectivity index (χ1v) is 9.47. The maximum atomic E-state index is 11.2. The van der Waals surface area contributed by atoms with Gasteiger partial charge < -0.3 is 10.2 Å². The number of carboxylic acids is 2. The molecule has 0 bridgehead atoms. The Kier molecular flexibility index (Phi) is 10.1. The molecule has 0 radical (unpaired) electrons. The third-order valence-corrected chi connectivity index (χ3v) is 4.25. The fraction of sp³-hybridized carbons (Fsp3) is 0.381. The lowest BCUT2D eigenvalue weighted by molar-refractivity contribution is 0.0651. The van der Waals surface area contributed by atoms with Gasteiger partial charge in [0.25, 0.3) is 0 Å². The van der Waals surface area contributed by atoms with Crippen LogP contribution in [0.2, 0.25) is 5.15 Å². The number of rotatable bonds is 8. The Morgan fingerprint density at radius 3 is 1.67 bits per heavy atom. The Bertz CT molecular complexity index is 702. The third kappa shape index (κ3) is 7.79. The lowest BCUT2D eigenvalue weighted by Gasteiger charge is -2.13.